The summed E-state index contributed by atoms with van der Waals surface area (Å²) in [5.74, 6) is 0.0811. The van der Waals surface area contributed by atoms with Crippen molar-refractivity contribution in [1.82, 2.24) is 9.88 Å². The molecule has 1 saturated heterocycles. The number of nitrogens with one attached hydrogen (secondary N) is 1. The summed E-state index contributed by atoms with van der Waals surface area (Å²) in [5, 5.41) is 3.41. The van der Waals surface area contributed by atoms with Crippen LogP contribution >= 0.6 is 0 Å². The van der Waals surface area contributed by atoms with Crippen molar-refractivity contribution in [3.8, 4) is 0 Å². The van der Waals surface area contributed by atoms with Gasteiger partial charge >= 0.3 is 0 Å². The molecule has 136 valence electrons. The lowest BCUT2D eigenvalue weighted by molar-refractivity contribution is 0.0746. The molecule has 1 aliphatic carbocycles. The van der Waals surface area contributed by atoms with Crippen LogP contribution in [0, 0.1) is 13.8 Å². The molecule has 0 unspecified atom stereocenters. The molecule has 0 atom stereocenters. The number of aromatic nitrogens is 1. The number of benzene rings is 1. The number of rotatable bonds is 4. The van der Waals surface area contributed by atoms with Gasteiger partial charge in [0.05, 0.1) is 11.3 Å². The van der Waals surface area contributed by atoms with Crippen LogP contribution in [0.15, 0.2) is 36.7 Å². The predicted molar refractivity (Wildman–Crippen MR) is 105 cm³/mol. The number of pyridine rings is 1. The Hall–Kier alpha value is -2.56. The van der Waals surface area contributed by atoms with Crippen molar-refractivity contribution < 1.29 is 4.79 Å². The van der Waals surface area contributed by atoms with E-state index in [9.17, 15) is 4.79 Å². The minimum Gasteiger partial charge on any atom is -0.381 e. The predicted octanol–water partition coefficient (Wildman–Crippen LogP) is 3.24. The van der Waals surface area contributed by atoms with E-state index in [4.69, 9.17) is 0 Å². The Labute approximate surface area is 155 Å². The smallest absolute Gasteiger partial charge is 0.255 e. The third-order valence-corrected chi connectivity index (χ3v) is 5.42. The van der Waals surface area contributed by atoms with Crippen LogP contribution in [-0.4, -0.2) is 48.0 Å². The van der Waals surface area contributed by atoms with Crippen LogP contribution in [0.1, 0.15) is 34.3 Å². The summed E-state index contributed by atoms with van der Waals surface area (Å²) in [6, 6.07) is 8.93. The standard InChI is InChI=1S/C21H26N4O/c1-15-4-3-5-20(16(15)2)24-8-10-25(11-9-24)21(26)17-12-19(14-22-13-17)23-18-6-7-18/h3-5,12-14,18,23H,6-11H2,1-2H3. The Balaban J connectivity index is 1.41. The summed E-state index contributed by atoms with van der Waals surface area (Å²) in [6.07, 6.45) is 5.89. The first kappa shape index (κ1) is 16.9. The van der Waals surface area contributed by atoms with Crippen molar-refractivity contribution in [1.29, 1.82) is 0 Å². The van der Waals surface area contributed by atoms with Gasteiger partial charge in [0.15, 0.2) is 0 Å². The fraction of sp³-hybridized carbons (Fsp3) is 0.429. The zero-order chi connectivity index (χ0) is 18.1. The summed E-state index contributed by atoms with van der Waals surface area (Å²) in [4.78, 5) is 21.4. The number of carbonyl (C=O) groups excluding carboxylic acids is 1. The molecule has 1 aromatic heterocycles. The minimum atomic E-state index is 0.0811. The molecule has 1 amide bonds. The maximum atomic E-state index is 12.9. The van der Waals surface area contributed by atoms with Gasteiger partial charge in [-0.25, -0.2) is 0 Å². The highest BCUT2D eigenvalue weighted by Crippen LogP contribution is 2.26. The number of anilines is 2. The molecule has 1 saturated carbocycles. The van der Waals surface area contributed by atoms with E-state index in [2.05, 4.69) is 47.2 Å². The molecule has 0 spiro atoms. The largest absolute Gasteiger partial charge is 0.381 e. The molecule has 1 aromatic carbocycles. The molecular weight excluding hydrogens is 324 g/mol. The van der Waals surface area contributed by atoms with Crippen molar-refractivity contribution in [2.45, 2.75) is 32.7 Å². The fourth-order valence-electron chi connectivity index (χ4n) is 3.51. The van der Waals surface area contributed by atoms with Crippen LogP contribution in [0.25, 0.3) is 0 Å². The lowest BCUT2D eigenvalue weighted by atomic mass is 10.1. The van der Waals surface area contributed by atoms with Crippen molar-refractivity contribution in [3.05, 3.63) is 53.3 Å². The number of aryl methyl sites for hydroxylation is 1. The number of hydrogen-bond acceptors (Lipinski definition) is 4. The number of piperazine rings is 1. The van der Waals surface area contributed by atoms with Gasteiger partial charge in [-0.2, -0.15) is 0 Å². The van der Waals surface area contributed by atoms with Crippen LogP contribution in [0.2, 0.25) is 0 Å². The van der Waals surface area contributed by atoms with E-state index < -0.39 is 0 Å². The van der Waals surface area contributed by atoms with Crippen LogP contribution in [0.5, 0.6) is 0 Å². The third kappa shape index (κ3) is 3.52. The van der Waals surface area contributed by atoms with Gasteiger partial charge in [-0.3, -0.25) is 9.78 Å². The Morgan fingerprint density at radius 1 is 1.12 bits per heavy atom. The minimum absolute atomic E-state index is 0.0811. The molecule has 0 bridgehead atoms. The Morgan fingerprint density at radius 2 is 1.88 bits per heavy atom. The molecule has 26 heavy (non-hydrogen) atoms. The molecule has 5 nitrogen and oxygen atoms in total. The first-order chi connectivity index (χ1) is 12.6. The van der Waals surface area contributed by atoms with Crippen molar-refractivity contribution >= 4 is 17.3 Å². The molecular formula is C21H26N4O. The zero-order valence-corrected chi connectivity index (χ0v) is 15.5. The van der Waals surface area contributed by atoms with Crippen molar-refractivity contribution in [2.75, 3.05) is 36.4 Å². The van der Waals surface area contributed by atoms with Crippen molar-refractivity contribution in [2.24, 2.45) is 0 Å². The Morgan fingerprint density at radius 3 is 2.62 bits per heavy atom. The van der Waals surface area contributed by atoms with Gasteiger partial charge < -0.3 is 15.1 Å². The highest BCUT2D eigenvalue weighted by molar-refractivity contribution is 5.95. The highest BCUT2D eigenvalue weighted by Gasteiger charge is 2.25. The van der Waals surface area contributed by atoms with Crippen molar-refractivity contribution in [3.63, 3.8) is 0 Å². The SMILES string of the molecule is Cc1cccc(N2CCN(C(=O)c3cncc(NC4CC4)c3)CC2)c1C. The van der Waals surface area contributed by atoms with Gasteiger partial charge in [-0.05, 0) is 49.9 Å². The molecule has 2 fully saturated rings. The summed E-state index contributed by atoms with van der Waals surface area (Å²) in [5.41, 5.74) is 5.56. The molecule has 2 aromatic rings. The van der Waals surface area contributed by atoms with Crippen LogP contribution in [0.3, 0.4) is 0 Å². The maximum absolute atomic E-state index is 12.9. The number of hydrogen-bond donors (Lipinski definition) is 1. The van der Waals surface area contributed by atoms with E-state index in [1.807, 2.05) is 11.0 Å². The van der Waals surface area contributed by atoms with Gasteiger partial charge in [0, 0.05) is 50.3 Å². The first-order valence-electron chi connectivity index (χ1n) is 9.44. The van der Waals surface area contributed by atoms with E-state index in [1.54, 1.807) is 12.4 Å². The average Bonchev–Trinajstić information content (AvgIpc) is 3.48. The van der Waals surface area contributed by atoms with E-state index in [1.165, 1.54) is 29.7 Å². The molecule has 2 aliphatic rings. The fourth-order valence-corrected chi connectivity index (χ4v) is 3.51. The van der Waals surface area contributed by atoms with Gasteiger partial charge in [-0.15, -0.1) is 0 Å². The molecule has 1 N–H and O–H groups in total. The second-order valence-corrected chi connectivity index (χ2v) is 7.38. The van der Waals surface area contributed by atoms with Crippen LogP contribution in [0.4, 0.5) is 11.4 Å². The number of nitrogens with zero attached hydrogens (tertiary/aromatic N) is 3. The van der Waals surface area contributed by atoms with E-state index in [-0.39, 0.29) is 5.91 Å². The molecule has 5 heteroatoms. The number of amides is 1. The lowest BCUT2D eigenvalue weighted by Gasteiger charge is -2.37. The van der Waals surface area contributed by atoms with E-state index >= 15 is 0 Å². The maximum Gasteiger partial charge on any atom is 0.255 e. The monoisotopic (exact) mass is 350 g/mol. The van der Waals surface area contributed by atoms with Gasteiger partial charge in [0.1, 0.15) is 0 Å². The third-order valence-electron chi connectivity index (χ3n) is 5.42. The zero-order valence-electron chi connectivity index (χ0n) is 15.5. The summed E-state index contributed by atoms with van der Waals surface area (Å²) >= 11 is 0. The highest BCUT2D eigenvalue weighted by atomic mass is 16.2. The normalized spacial score (nSPS) is 17.3. The van der Waals surface area contributed by atoms with Crippen LogP contribution in [-0.2, 0) is 0 Å². The average molecular weight is 350 g/mol. The number of carbonyl (C=O) groups is 1. The van der Waals surface area contributed by atoms with Gasteiger partial charge in [0.25, 0.3) is 5.91 Å². The van der Waals surface area contributed by atoms with Gasteiger partial charge in [0.2, 0.25) is 0 Å². The quantitative estimate of drug-likeness (QED) is 0.920. The molecule has 4 rings (SSSR count). The summed E-state index contributed by atoms with van der Waals surface area (Å²) in [7, 11) is 0. The van der Waals surface area contributed by atoms with Gasteiger partial charge in [-0.1, -0.05) is 12.1 Å². The van der Waals surface area contributed by atoms with E-state index in [0.717, 1.165) is 31.9 Å². The summed E-state index contributed by atoms with van der Waals surface area (Å²) < 4.78 is 0. The lowest BCUT2D eigenvalue weighted by Crippen LogP contribution is -2.49. The second kappa shape index (κ2) is 6.98. The second-order valence-electron chi connectivity index (χ2n) is 7.38. The van der Waals surface area contributed by atoms with Crippen LogP contribution < -0.4 is 10.2 Å². The first-order valence-corrected chi connectivity index (χ1v) is 9.44. The molecule has 1 aliphatic heterocycles. The topological polar surface area (TPSA) is 48.5 Å². The Bertz CT molecular complexity index is 807. The molecule has 0 radical (unpaired) electrons. The summed E-state index contributed by atoms with van der Waals surface area (Å²) in [6.45, 7) is 7.53. The molecule has 2 heterocycles. The Kier molecular flexibility index (Phi) is 4.53. The van der Waals surface area contributed by atoms with E-state index in [0.29, 0.717) is 11.6 Å².